The number of nitrogen functional groups attached to an aromatic ring is 1. The number of fused-ring (bicyclic) bond motifs is 1. The zero-order chi connectivity index (χ0) is 15.0. The van der Waals surface area contributed by atoms with E-state index in [4.69, 9.17) is 5.73 Å². The van der Waals surface area contributed by atoms with E-state index < -0.39 is 0 Å². The van der Waals surface area contributed by atoms with Crippen LogP contribution in [0.3, 0.4) is 0 Å². The molecule has 1 atom stereocenters. The Morgan fingerprint density at radius 1 is 1.38 bits per heavy atom. The zero-order valence-corrected chi connectivity index (χ0v) is 13.2. The Kier molecular flexibility index (Phi) is 3.60. The molecule has 0 fully saturated rings. The highest BCUT2D eigenvalue weighted by molar-refractivity contribution is 7.22. The highest BCUT2D eigenvalue weighted by atomic mass is 32.1. The van der Waals surface area contributed by atoms with Gasteiger partial charge in [-0.1, -0.05) is 11.3 Å². The molecule has 7 heteroatoms. The molecule has 0 radical (unpaired) electrons. The third-order valence-electron chi connectivity index (χ3n) is 3.02. The summed E-state index contributed by atoms with van der Waals surface area (Å²) in [4.78, 5) is 20.9. The van der Waals surface area contributed by atoms with Crippen LogP contribution in [0.25, 0.3) is 10.2 Å². The molecular formula is C14H14N4OS2. The Morgan fingerprint density at radius 2 is 2.19 bits per heavy atom. The van der Waals surface area contributed by atoms with Gasteiger partial charge in [0.15, 0.2) is 5.13 Å². The van der Waals surface area contributed by atoms with Crippen LogP contribution in [0, 0.1) is 6.92 Å². The van der Waals surface area contributed by atoms with E-state index in [-0.39, 0.29) is 11.9 Å². The van der Waals surface area contributed by atoms with Gasteiger partial charge in [0.1, 0.15) is 5.01 Å². The number of carbonyl (C=O) groups excluding carboxylic acids is 1. The van der Waals surface area contributed by atoms with Crippen LogP contribution in [0.1, 0.15) is 34.0 Å². The van der Waals surface area contributed by atoms with E-state index >= 15 is 0 Å². The van der Waals surface area contributed by atoms with E-state index in [0.29, 0.717) is 10.7 Å². The topological polar surface area (TPSA) is 80.9 Å². The van der Waals surface area contributed by atoms with E-state index in [1.165, 1.54) is 11.3 Å². The SMILES string of the molecule is Cc1csc(C(C)NC(=O)c2ccc3nc(N)sc3c2)n1. The molecule has 1 amide bonds. The molecule has 2 heterocycles. The summed E-state index contributed by atoms with van der Waals surface area (Å²) in [7, 11) is 0. The second-order valence-electron chi connectivity index (χ2n) is 4.76. The van der Waals surface area contributed by atoms with E-state index in [2.05, 4.69) is 15.3 Å². The van der Waals surface area contributed by atoms with Crippen molar-refractivity contribution in [3.8, 4) is 0 Å². The second kappa shape index (κ2) is 5.42. The van der Waals surface area contributed by atoms with Crippen molar-refractivity contribution in [1.82, 2.24) is 15.3 Å². The molecule has 0 aliphatic rings. The minimum atomic E-state index is -0.121. The molecule has 1 aromatic carbocycles. The molecule has 3 rings (SSSR count). The highest BCUT2D eigenvalue weighted by Crippen LogP contribution is 2.25. The lowest BCUT2D eigenvalue weighted by Gasteiger charge is -2.11. The number of nitrogens with zero attached hydrogens (tertiary/aromatic N) is 2. The third-order valence-corrected chi connectivity index (χ3v) is 5.01. The van der Waals surface area contributed by atoms with Crippen molar-refractivity contribution < 1.29 is 4.79 Å². The number of nitrogens with one attached hydrogen (secondary N) is 1. The summed E-state index contributed by atoms with van der Waals surface area (Å²) in [5.74, 6) is -0.121. The van der Waals surface area contributed by atoms with Crippen molar-refractivity contribution in [2.75, 3.05) is 5.73 Å². The summed E-state index contributed by atoms with van der Waals surface area (Å²) in [6.45, 7) is 3.87. The van der Waals surface area contributed by atoms with Crippen molar-refractivity contribution in [3.05, 3.63) is 39.8 Å². The summed E-state index contributed by atoms with van der Waals surface area (Å²) >= 11 is 2.93. The van der Waals surface area contributed by atoms with Crippen LogP contribution in [-0.4, -0.2) is 15.9 Å². The molecule has 3 N–H and O–H groups in total. The van der Waals surface area contributed by atoms with E-state index in [1.54, 1.807) is 17.4 Å². The fraction of sp³-hybridized carbons (Fsp3) is 0.214. The molecule has 0 aliphatic heterocycles. The first kappa shape index (κ1) is 14.0. The van der Waals surface area contributed by atoms with Crippen LogP contribution in [0.15, 0.2) is 23.6 Å². The predicted molar refractivity (Wildman–Crippen MR) is 86.8 cm³/mol. The Bertz CT molecular complexity index is 808. The van der Waals surface area contributed by atoms with Gasteiger partial charge in [-0.2, -0.15) is 0 Å². The Balaban J connectivity index is 1.79. The van der Waals surface area contributed by atoms with E-state index in [1.807, 2.05) is 31.4 Å². The summed E-state index contributed by atoms with van der Waals surface area (Å²) in [5.41, 5.74) is 8.07. The lowest BCUT2D eigenvalue weighted by atomic mass is 10.2. The van der Waals surface area contributed by atoms with Crippen LogP contribution < -0.4 is 11.1 Å². The molecule has 21 heavy (non-hydrogen) atoms. The Labute approximate surface area is 129 Å². The van der Waals surface area contributed by atoms with Crippen LogP contribution in [0.2, 0.25) is 0 Å². The molecule has 0 spiro atoms. The first-order valence-electron chi connectivity index (χ1n) is 6.42. The van der Waals surface area contributed by atoms with Crippen molar-refractivity contribution in [2.45, 2.75) is 19.9 Å². The monoisotopic (exact) mass is 318 g/mol. The number of carbonyl (C=O) groups is 1. The number of amides is 1. The minimum Gasteiger partial charge on any atom is -0.375 e. The molecule has 0 aliphatic carbocycles. The molecule has 0 saturated heterocycles. The molecule has 3 aromatic rings. The summed E-state index contributed by atoms with van der Waals surface area (Å²) in [6.07, 6.45) is 0. The molecule has 2 aromatic heterocycles. The molecule has 0 bridgehead atoms. The molecule has 1 unspecified atom stereocenters. The third kappa shape index (κ3) is 2.88. The van der Waals surface area contributed by atoms with Gasteiger partial charge in [0.2, 0.25) is 0 Å². The van der Waals surface area contributed by atoms with E-state index in [0.717, 1.165) is 20.9 Å². The summed E-state index contributed by atoms with van der Waals surface area (Å²) in [5, 5.41) is 6.35. The number of anilines is 1. The standard InChI is InChI=1S/C14H14N4OS2/c1-7-6-20-13(16-7)8(2)17-12(19)9-3-4-10-11(5-9)21-14(15)18-10/h3-6,8H,1-2H3,(H2,15,18)(H,17,19). The van der Waals surface area contributed by atoms with Gasteiger partial charge in [-0.3, -0.25) is 4.79 Å². The first-order chi connectivity index (χ1) is 10.0. The zero-order valence-electron chi connectivity index (χ0n) is 11.6. The number of hydrogen-bond donors (Lipinski definition) is 2. The van der Waals surface area contributed by atoms with Gasteiger partial charge in [-0.05, 0) is 32.0 Å². The lowest BCUT2D eigenvalue weighted by molar-refractivity contribution is 0.0940. The second-order valence-corrected chi connectivity index (χ2v) is 6.71. The van der Waals surface area contributed by atoms with Gasteiger partial charge >= 0.3 is 0 Å². The molecule has 108 valence electrons. The average Bonchev–Trinajstić information content (AvgIpc) is 3.02. The van der Waals surface area contributed by atoms with Gasteiger partial charge in [-0.25, -0.2) is 9.97 Å². The number of hydrogen-bond acceptors (Lipinski definition) is 6. The number of thiazole rings is 2. The Hall–Kier alpha value is -1.99. The summed E-state index contributed by atoms with van der Waals surface area (Å²) in [6, 6.07) is 5.28. The minimum absolute atomic E-state index is 0.113. The van der Waals surface area contributed by atoms with Crippen molar-refractivity contribution >= 4 is 43.9 Å². The van der Waals surface area contributed by atoms with Gasteiger partial charge < -0.3 is 11.1 Å². The number of nitrogens with two attached hydrogens (primary N) is 1. The van der Waals surface area contributed by atoms with Crippen LogP contribution in [-0.2, 0) is 0 Å². The molecule has 5 nitrogen and oxygen atoms in total. The Morgan fingerprint density at radius 3 is 2.90 bits per heavy atom. The number of benzene rings is 1. The molecular weight excluding hydrogens is 304 g/mol. The predicted octanol–water partition coefficient (Wildman–Crippen LogP) is 3.13. The smallest absolute Gasteiger partial charge is 0.251 e. The maximum absolute atomic E-state index is 12.3. The quantitative estimate of drug-likeness (QED) is 0.777. The van der Waals surface area contributed by atoms with Gasteiger partial charge in [0.25, 0.3) is 5.91 Å². The van der Waals surface area contributed by atoms with Crippen molar-refractivity contribution in [3.63, 3.8) is 0 Å². The summed E-state index contributed by atoms with van der Waals surface area (Å²) < 4.78 is 0.915. The van der Waals surface area contributed by atoms with E-state index in [9.17, 15) is 4.79 Å². The van der Waals surface area contributed by atoms with Crippen molar-refractivity contribution in [1.29, 1.82) is 0 Å². The highest BCUT2D eigenvalue weighted by Gasteiger charge is 2.15. The van der Waals surface area contributed by atoms with Gasteiger partial charge in [-0.15, -0.1) is 11.3 Å². The molecule has 0 saturated carbocycles. The lowest BCUT2D eigenvalue weighted by Crippen LogP contribution is -2.26. The number of aromatic nitrogens is 2. The maximum atomic E-state index is 12.3. The number of aryl methyl sites for hydroxylation is 1. The van der Waals surface area contributed by atoms with Crippen LogP contribution >= 0.6 is 22.7 Å². The van der Waals surface area contributed by atoms with Crippen LogP contribution in [0.5, 0.6) is 0 Å². The first-order valence-corrected chi connectivity index (χ1v) is 8.11. The fourth-order valence-electron chi connectivity index (χ4n) is 2.00. The number of rotatable bonds is 3. The largest absolute Gasteiger partial charge is 0.375 e. The van der Waals surface area contributed by atoms with Gasteiger partial charge in [0.05, 0.1) is 16.3 Å². The maximum Gasteiger partial charge on any atom is 0.251 e. The fourth-order valence-corrected chi connectivity index (χ4v) is 3.57. The average molecular weight is 318 g/mol. The van der Waals surface area contributed by atoms with Crippen molar-refractivity contribution in [2.24, 2.45) is 0 Å². The van der Waals surface area contributed by atoms with Gasteiger partial charge in [0, 0.05) is 16.6 Å². The normalized spacial score (nSPS) is 12.5. The van der Waals surface area contributed by atoms with Crippen LogP contribution in [0.4, 0.5) is 5.13 Å².